The van der Waals surface area contributed by atoms with Gasteiger partial charge in [0.05, 0.1) is 17.0 Å². The molecular weight excluding hydrogens is 228 g/mol. The van der Waals surface area contributed by atoms with E-state index in [1.165, 1.54) is 30.0 Å². The van der Waals surface area contributed by atoms with Gasteiger partial charge in [0.15, 0.2) is 0 Å². The summed E-state index contributed by atoms with van der Waals surface area (Å²) in [6, 6.07) is 4.28. The van der Waals surface area contributed by atoms with E-state index in [-0.39, 0.29) is 22.9 Å². The summed E-state index contributed by atoms with van der Waals surface area (Å²) in [5, 5.41) is 11.4. The van der Waals surface area contributed by atoms with Gasteiger partial charge in [0, 0.05) is 5.69 Å². The first-order chi connectivity index (χ1) is 7.54. The number of aromatic carboxylic acids is 1. The lowest BCUT2D eigenvalue weighted by Gasteiger charge is -2.08. The molecule has 4 N–H and O–H groups in total. The number of carboxylic acid groups (broad SMARTS) is 1. The molecular formula is C10H12N2O3S. The summed E-state index contributed by atoms with van der Waals surface area (Å²) in [7, 11) is 0. The lowest BCUT2D eigenvalue weighted by Crippen LogP contribution is -2.16. The third-order valence-corrected chi connectivity index (χ3v) is 2.37. The molecule has 0 aliphatic heterocycles. The average Bonchev–Trinajstić information content (AvgIpc) is 2.17. The highest BCUT2D eigenvalue weighted by Gasteiger charge is 2.12. The molecule has 0 aliphatic carbocycles. The molecule has 0 saturated carbocycles. The van der Waals surface area contributed by atoms with E-state index in [4.69, 9.17) is 10.8 Å². The number of anilines is 2. The van der Waals surface area contributed by atoms with Crippen molar-refractivity contribution in [2.75, 3.05) is 23.1 Å². The Kier molecular flexibility index (Phi) is 4.19. The minimum Gasteiger partial charge on any atom is -0.478 e. The molecule has 5 nitrogen and oxygen atoms in total. The second kappa shape index (κ2) is 5.41. The van der Waals surface area contributed by atoms with Crippen molar-refractivity contribution in [1.29, 1.82) is 0 Å². The van der Waals surface area contributed by atoms with Gasteiger partial charge in [0.25, 0.3) is 0 Å². The maximum Gasteiger partial charge on any atom is 0.337 e. The van der Waals surface area contributed by atoms with Gasteiger partial charge in [-0.05, 0) is 24.5 Å². The van der Waals surface area contributed by atoms with Crippen LogP contribution in [0, 0.1) is 0 Å². The van der Waals surface area contributed by atoms with E-state index in [0.717, 1.165) is 0 Å². The van der Waals surface area contributed by atoms with E-state index < -0.39 is 5.97 Å². The van der Waals surface area contributed by atoms with Gasteiger partial charge in [-0.1, -0.05) is 0 Å². The molecule has 0 saturated heterocycles. The number of carbonyl (C=O) groups excluding carboxylic acids is 1. The second-order valence-electron chi connectivity index (χ2n) is 3.09. The number of benzene rings is 1. The van der Waals surface area contributed by atoms with E-state index in [9.17, 15) is 9.59 Å². The van der Waals surface area contributed by atoms with Crippen LogP contribution in [0.3, 0.4) is 0 Å². The SMILES string of the molecule is CSCC(=O)Nc1cc(N)ccc1C(=O)O. The van der Waals surface area contributed by atoms with Gasteiger partial charge < -0.3 is 16.2 Å². The fraction of sp³-hybridized carbons (Fsp3) is 0.200. The quantitative estimate of drug-likeness (QED) is 0.689. The van der Waals surface area contributed by atoms with E-state index in [1.807, 2.05) is 0 Å². The summed E-state index contributed by atoms with van der Waals surface area (Å²) in [6.45, 7) is 0. The van der Waals surface area contributed by atoms with Gasteiger partial charge in [-0.2, -0.15) is 11.8 Å². The van der Waals surface area contributed by atoms with Crippen molar-refractivity contribution in [2.45, 2.75) is 0 Å². The first kappa shape index (κ1) is 12.4. The molecule has 0 radical (unpaired) electrons. The molecule has 1 aromatic rings. The van der Waals surface area contributed by atoms with E-state index in [0.29, 0.717) is 5.69 Å². The Labute approximate surface area is 97.0 Å². The average molecular weight is 240 g/mol. The number of rotatable bonds is 4. The molecule has 0 atom stereocenters. The van der Waals surface area contributed by atoms with Crippen molar-refractivity contribution in [3.8, 4) is 0 Å². The number of hydrogen-bond donors (Lipinski definition) is 3. The number of nitrogen functional groups attached to an aromatic ring is 1. The van der Waals surface area contributed by atoms with Gasteiger partial charge >= 0.3 is 5.97 Å². The monoisotopic (exact) mass is 240 g/mol. The van der Waals surface area contributed by atoms with Crippen molar-refractivity contribution in [1.82, 2.24) is 0 Å². The summed E-state index contributed by atoms with van der Waals surface area (Å²) in [4.78, 5) is 22.2. The Hall–Kier alpha value is -1.69. The molecule has 0 spiro atoms. The maximum absolute atomic E-state index is 11.3. The zero-order valence-electron chi connectivity index (χ0n) is 8.69. The zero-order chi connectivity index (χ0) is 12.1. The summed E-state index contributed by atoms with van der Waals surface area (Å²) >= 11 is 1.36. The second-order valence-corrected chi connectivity index (χ2v) is 3.96. The molecule has 0 aromatic heterocycles. The van der Waals surface area contributed by atoms with Crippen molar-refractivity contribution >= 4 is 35.0 Å². The largest absolute Gasteiger partial charge is 0.478 e. The lowest BCUT2D eigenvalue weighted by atomic mass is 10.1. The van der Waals surface area contributed by atoms with Gasteiger partial charge in [0.1, 0.15) is 0 Å². The number of carbonyl (C=O) groups is 2. The fourth-order valence-corrected chi connectivity index (χ4v) is 1.50. The summed E-state index contributed by atoms with van der Waals surface area (Å²) in [5.41, 5.74) is 6.19. The normalized spacial score (nSPS) is 9.81. The smallest absolute Gasteiger partial charge is 0.337 e. The molecule has 0 unspecified atom stereocenters. The van der Waals surface area contributed by atoms with Crippen LogP contribution in [-0.4, -0.2) is 29.0 Å². The number of hydrogen-bond acceptors (Lipinski definition) is 4. The van der Waals surface area contributed by atoms with Crippen LogP contribution < -0.4 is 11.1 Å². The molecule has 1 rings (SSSR count). The minimum absolute atomic E-state index is 0.0312. The predicted octanol–water partition coefficient (Wildman–Crippen LogP) is 1.27. The standard InChI is InChI=1S/C10H12N2O3S/c1-16-5-9(13)12-8-4-6(11)2-3-7(8)10(14)15/h2-4H,5,11H2,1H3,(H,12,13)(H,14,15). The van der Waals surface area contributed by atoms with Crippen LogP contribution in [0.15, 0.2) is 18.2 Å². The minimum atomic E-state index is -1.10. The van der Waals surface area contributed by atoms with Crippen LogP contribution in [-0.2, 0) is 4.79 Å². The summed E-state index contributed by atoms with van der Waals surface area (Å²) < 4.78 is 0. The number of thioether (sulfide) groups is 1. The molecule has 0 aliphatic rings. The van der Waals surface area contributed by atoms with Crippen LogP contribution in [0.25, 0.3) is 0 Å². The Balaban J connectivity index is 2.96. The molecule has 0 bridgehead atoms. The highest BCUT2D eigenvalue weighted by molar-refractivity contribution is 7.99. The number of nitrogens with two attached hydrogens (primary N) is 1. The molecule has 0 fully saturated rings. The van der Waals surface area contributed by atoms with E-state index in [1.54, 1.807) is 6.26 Å². The third-order valence-electron chi connectivity index (χ3n) is 1.82. The predicted molar refractivity (Wildman–Crippen MR) is 64.8 cm³/mol. The third kappa shape index (κ3) is 3.16. The van der Waals surface area contributed by atoms with Crippen molar-refractivity contribution in [3.63, 3.8) is 0 Å². The highest BCUT2D eigenvalue weighted by Crippen LogP contribution is 2.19. The van der Waals surface area contributed by atoms with Crippen LogP contribution in [0.1, 0.15) is 10.4 Å². The van der Waals surface area contributed by atoms with Gasteiger partial charge in [0.2, 0.25) is 5.91 Å². The number of nitrogens with one attached hydrogen (secondary N) is 1. The maximum atomic E-state index is 11.3. The highest BCUT2D eigenvalue weighted by atomic mass is 32.2. The van der Waals surface area contributed by atoms with Crippen LogP contribution in [0.5, 0.6) is 0 Å². The zero-order valence-corrected chi connectivity index (χ0v) is 9.50. The van der Waals surface area contributed by atoms with Crippen molar-refractivity contribution in [3.05, 3.63) is 23.8 Å². The Morgan fingerprint density at radius 2 is 2.19 bits per heavy atom. The van der Waals surface area contributed by atoms with E-state index >= 15 is 0 Å². The first-order valence-corrected chi connectivity index (χ1v) is 5.85. The molecule has 16 heavy (non-hydrogen) atoms. The molecule has 86 valence electrons. The molecule has 0 heterocycles. The molecule has 1 aromatic carbocycles. The van der Waals surface area contributed by atoms with Crippen LogP contribution in [0.2, 0.25) is 0 Å². The van der Waals surface area contributed by atoms with Crippen LogP contribution in [0.4, 0.5) is 11.4 Å². The van der Waals surface area contributed by atoms with Gasteiger partial charge in [-0.3, -0.25) is 4.79 Å². The number of amides is 1. The summed E-state index contributed by atoms with van der Waals surface area (Å²) in [6.07, 6.45) is 1.79. The first-order valence-electron chi connectivity index (χ1n) is 4.46. The van der Waals surface area contributed by atoms with Gasteiger partial charge in [-0.15, -0.1) is 0 Å². The van der Waals surface area contributed by atoms with Crippen molar-refractivity contribution in [2.24, 2.45) is 0 Å². The fourth-order valence-electron chi connectivity index (χ4n) is 1.17. The Morgan fingerprint density at radius 3 is 2.75 bits per heavy atom. The molecule has 1 amide bonds. The summed E-state index contributed by atoms with van der Waals surface area (Å²) in [5.74, 6) is -1.08. The Bertz CT molecular complexity index is 421. The van der Waals surface area contributed by atoms with Crippen LogP contribution >= 0.6 is 11.8 Å². The Morgan fingerprint density at radius 1 is 1.50 bits per heavy atom. The topological polar surface area (TPSA) is 92.4 Å². The lowest BCUT2D eigenvalue weighted by molar-refractivity contribution is -0.113. The molecule has 6 heteroatoms. The van der Waals surface area contributed by atoms with Gasteiger partial charge in [-0.25, -0.2) is 4.79 Å². The van der Waals surface area contributed by atoms with E-state index in [2.05, 4.69) is 5.32 Å². The number of carboxylic acids is 1. The van der Waals surface area contributed by atoms with Crippen molar-refractivity contribution < 1.29 is 14.7 Å².